The smallest absolute Gasteiger partial charge is 0.305 e. The quantitative estimate of drug-likeness (QED) is 0.801. The summed E-state index contributed by atoms with van der Waals surface area (Å²) in [5.41, 5.74) is 2.43. The second kappa shape index (κ2) is 8.45. The Morgan fingerprint density at radius 1 is 1.19 bits per heavy atom. The summed E-state index contributed by atoms with van der Waals surface area (Å²) < 4.78 is 0. The molecule has 1 aromatic rings. The van der Waals surface area contributed by atoms with Crippen LogP contribution in [0.25, 0.3) is 0 Å². The van der Waals surface area contributed by atoms with Crippen molar-refractivity contribution in [3.63, 3.8) is 0 Å². The second-order valence-electron chi connectivity index (χ2n) is 5.32. The van der Waals surface area contributed by atoms with E-state index < -0.39 is 5.97 Å². The Bertz CT molecular complexity index is 467. The lowest BCUT2D eigenvalue weighted by atomic mass is 9.96. The summed E-state index contributed by atoms with van der Waals surface area (Å²) in [5.74, 6) is -0.711. The first-order valence-electron chi connectivity index (χ1n) is 7.56. The molecule has 0 saturated carbocycles. The van der Waals surface area contributed by atoms with Crippen LogP contribution in [0.4, 0.5) is 0 Å². The van der Waals surface area contributed by atoms with E-state index in [4.69, 9.17) is 5.11 Å². The highest BCUT2D eigenvalue weighted by Gasteiger charge is 2.17. The molecule has 0 aromatic heterocycles. The van der Waals surface area contributed by atoms with Gasteiger partial charge in [0.15, 0.2) is 0 Å². The van der Waals surface area contributed by atoms with Crippen molar-refractivity contribution >= 4 is 11.9 Å². The molecule has 116 valence electrons. The summed E-state index contributed by atoms with van der Waals surface area (Å²) in [6, 6.07) is 8.34. The molecule has 1 rings (SSSR count). The fourth-order valence-corrected chi connectivity index (χ4v) is 2.28. The number of aliphatic carboxylic acids is 1. The molecule has 21 heavy (non-hydrogen) atoms. The molecule has 0 bridgehead atoms. The van der Waals surface area contributed by atoms with Crippen molar-refractivity contribution < 1.29 is 14.7 Å². The normalized spacial score (nSPS) is 12.0. The van der Waals surface area contributed by atoms with Crippen LogP contribution in [0, 0.1) is 0 Å². The third kappa shape index (κ3) is 5.58. The summed E-state index contributed by atoms with van der Waals surface area (Å²) in [5, 5.41) is 8.71. The minimum atomic E-state index is -0.871. The number of aryl methyl sites for hydroxylation is 1. The van der Waals surface area contributed by atoms with Crippen molar-refractivity contribution in [1.82, 2.24) is 4.90 Å². The number of amides is 1. The topological polar surface area (TPSA) is 57.6 Å². The number of nitrogens with zero attached hydrogens (tertiary/aromatic N) is 1. The van der Waals surface area contributed by atoms with Crippen LogP contribution >= 0.6 is 0 Å². The number of rotatable bonds is 8. The van der Waals surface area contributed by atoms with E-state index >= 15 is 0 Å². The van der Waals surface area contributed by atoms with E-state index in [0.29, 0.717) is 13.0 Å². The summed E-state index contributed by atoms with van der Waals surface area (Å²) in [6.07, 6.45) is 1.42. The zero-order valence-corrected chi connectivity index (χ0v) is 13.1. The van der Waals surface area contributed by atoms with Crippen molar-refractivity contribution in [2.45, 2.75) is 46.0 Å². The molecule has 0 radical (unpaired) electrons. The monoisotopic (exact) mass is 291 g/mol. The van der Waals surface area contributed by atoms with Gasteiger partial charge < -0.3 is 10.0 Å². The van der Waals surface area contributed by atoms with E-state index in [2.05, 4.69) is 31.2 Å². The highest BCUT2D eigenvalue weighted by molar-refractivity contribution is 5.77. The number of carbonyl (C=O) groups excluding carboxylic acids is 1. The Hall–Kier alpha value is -1.84. The van der Waals surface area contributed by atoms with Gasteiger partial charge in [-0.15, -0.1) is 0 Å². The Balaban J connectivity index is 2.60. The fourth-order valence-electron chi connectivity index (χ4n) is 2.28. The van der Waals surface area contributed by atoms with Gasteiger partial charge in [0, 0.05) is 19.5 Å². The minimum Gasteiger partial charge on any atom is -0.481 e. The first-order chi connectivity index (χ1) is 9.97. The van der Waals surface area contributed by atoms with Crippen LogP contribution in [-0.2, 0) is 16.0 Å². The molecule has 1 amide bonds. The van der Waals surface area contributed by atoms with Gasteiger partial charge in [0.1, 0.15) is 0 Å². The molecule has 1 N–H and O–H groups in total. The Morgan fingerprint density at radius 2 is 1.81 bits per heavy atom. The maximum atomic E-state index is 12.2. The molecular weight excluding hydrogens is 266 g/mol. The van der Waals surface area contributed by atoms with Gasteiger partial charge in [0.25, 0.3) is 0 Å². The minimum absolute atomic E-state index is 0.000835. The molecule has 0 heterocycles. The van der Waals surface area contributed by atoms with Crippen molar-refractivity contribution in [3.05, 3.63) is 35.4 Å². The maximum Gasteiger partial charge on any atom is 0.305 e. The maximum absolute atomic E-state index is 12.2. The Labute approximate surface area is 126 Å². The number of carboxylic acid groups (broad SMARTS) is 1. The molecule has 0 fully saturated rings. The Morgan fingerprint density at radius 3 is 2.29 bits per heavy atom. The molecule has 0 saturated heterocycles. The van der Waals surface area contributed by atoms with Gasteiger partial charge in [0.05, 0.1) is 6.42 Å². The molecule has 4 nitrogen and oxygen atoms in total. The number of carbonyl (C=O) groups is 2. The van der Waals surface area contributed by atoms with Crippen LogP contribution in [-0.4, -0.2) is 35.0 Å². The van der Waals surface area contributed by atoms with Gasteiger partial charge in [0.2, 0.25) is 5.91 Å². The average molecular weight is 291 g/mol. The largest absolute Gasteiger partial charge is 0.481 e. The molecule has 1 aromatic carbocycles. The van der Waals surface area contributed by atoms with Crippen LogP contribution in [0.2, 0.25) is 0 Å². The van der Waals surface area contributed by atoms with Gasteiger partial charge in [-0.3, -0.25) is 9.59 Å². The van der Waals surface area contributed by atoms with E-state index in [-0.39, 0.29) is 24.8 Å². The van der Waals surface area contributed by atoms with Crippen molar-refractivity contribution in [1.29, 1.82) is 0 Å². The molecule has 0 aliphatic carbocycles. The lowest BCUT2D eigenvalue weighted by molar-refractivity contribution is -0.138. The number of carboxylic acids is 1. The SMILES string of the molecule is CCc1ccc(C(C)CC(=O)N(CC)CCC(=O)O)cc1. The standard InChI is InChI=1S/C17H25NO3/c1-4-14-6-8-15(9-7-14)13(3)12-16(19)18(5-2)11-10-17(20)21/h6-9,13H,4-5,10-12H2,1-3H3,(H,20,21). The fraction of sp³-hybridized carbons (Fsp3) is 0.529. The van der Waals surface area contributed by atoms with E-state index in [1.165, 1.54) is 5.56 Å². The number of hydrogen-bond donors (Lipinski definition) is 1. The molecule has 1 atom stereocenters. The van der Waals surface area contributed by atoms with Gasteiger partial charge >= 0.3 is 5.97 Å². The molecular formula is C17H25NO3. The van der Waals surface area contributed by atoms with Crippen molar-refractivity contribution in [3.8, 4) is 0 Å². The summed E-state index contributed by atoms with van der Waals surface area (Å²) in [7, 11) is 0. The number of hydrogen-bond acceptors (Lipinski definition) is 2. The predicted molar refractivity (Wildman–Crippen MR) is 83.4 cm³/mol. The van der Waals surface area contributed by atoms with E-state index in [1.807, 2.05) is 13.8 Å². The number of benzene rings is 1. The van der Waals surface area contributed by atoms with Gasteiger partial charge in [-0.05, 0) is 30.4 Å². The highest BCUT2D eigenvalue weighted by Crippen LogP contribution is 2.20. The van der Waals surface area contributed by atoms with E-state index in [0.717, 1.165) is 12.0 Å². The summed E-state index contributed by atoms with van der Waals surface area (Å²) in [6.45, 7) is 6.85. The first-order valence-corrected chi connectivity index (χ1v) is 7.56. The first kappa shape index (κ1) is 17.2. The van der Waals surface area contributed by atoms with Crippen molar-refractivity contribution in [2.24, 2.45) is 0 Å². The van der Waals surface area contributed by atoms with Crippen LogP contribution in [0.3, 0.4) is 0 Å². The summed E-state index contributed by atoms with van der Waals surface area (Å²) >= 11 is 0. The van der Waals surface area contributed by atoms with Crippen LogP contribution in [0.15, 0.2) is 24.3 Å². The average Bonchev–Trinajstić information content (AvgIpc) is 2.47. The summed E-state index contributed by atoms with van der Waals surface area (Å²) in [4.78, 5) is 24.5. The van der Waals surface area contributed by atoms with Gasteiger partial charge in [-0.1, -0.05) is 38.1 Å². The van der Waals surface area contributed by atoms with Crippen LogP contribution in [0.5, 0.6) is 0 Å². The lowest BCUT2D eigenvalue weighted by Gasteiger charge is -2.22. The predicted octanol–water partition coefficient (Wildman–Crippen LogP) is 3.07. The molecule has 0 aliphatic rings. The molecule has 1 unspecified atom stereocenters. The van der Waals surface area contributed by atoms with Gasteiger partial charge in [-0.2, -0.15) is 0 Å². The van der Waals surface area contributed by atoms with E-state index in [1.54, 1.807) is 4.90 Å². The zero-order chi connectivity index (χ0) is 15.8. The van der Waals surface area contributed by atoms with Crippen LogP contribution in [0.1, 0.15) is 50.7 Å². The van der Waals surface area contributed by atoms with E-state index in [9.17, 15) is 9.59 Å². The highest BCUT2D eigenvalue weighted by atomic mass is 16.4. The third-order valence-electron chi connectivity index (χ3n) is 3.77. The molecule has 0 aliphatic heterocycles. The van der Waals surface area contributed by atoms with Crippen LogP contribution < -0.4 is 0 Å². The second-order valence-corrected chi connectivity index (χ2v) is 5.32. The third-order valence-corrected chi connectivity index (χ3v) is 3.77. The van der Waals surface area contributed by atoms with Crippen molar-refractivity contribution in [2.75, 3.05) is 13.1 Å². The molecule has 4 heteroatoms. The molecule has 0 spiro atoms. The Kier molecular flexibility index (Phi) is 6.92. The zero-order valence-electron chi connectivity index (χ0n) is 13.1. The lowest BCUT2D eigenvalue weighted by Crippen LogP contribution is -2.33. The van der Waals surface area contributed by atoms with Gasteiger partial charge in [-0.25, -0.2) is 0 Å².